The Morgan fingerprint density at radius 1 is 1.19 bits per heavy atom. The summed E-state index contributed by atoms with van der Waals surface area (Å²) in [6, 6.07) is 8.27. The number of rotatable bonds is 8. The minimum Gasteiger partial charge on any atom is -0.497 e. The number of β-amino-alcohol motifs (C(OH)–C–C–N with tert-alkyl or cyclic N) is 1. The molecule has 6 nitrogen and oxygen atoms in total. The summed E-state index contributed by atoms with van der Waals surface area (Å²) in [7, 11) is 1.65. The van der Waals surface area contributed by atoms with Gasteiger partial charge in [0, 0.05) is 30.6 Å². The van der Waals surface area contributed by atoms with Crippen molar-refractivity contribution in [1.82, 2.24) is 9.80 Å². The van der Waals surface area contributed by atoms with Gasteiger partial charge >= 0.3 is 0 Å². The van der Waals surface area contributed by atoms with Gasteiger partial charge in [0.15, 0.2) is 0 Å². The normalized spacial score (nSPS) is 20.3. The van der Waals surface area contributed by atoms with Crippen LogP contribution in [0.1, 0.15) is 31.2 Å². The summed E-state index contributed by atoms with van der Waals surface area (Å²) in [4.78, 5) is 4.66. The number of benzene rings is 1. The van der Waals surface area contributed by atoms with Crippen LogP contribution in [0.5, 0.6) is 11.5 Å². The van der Waals surface area contributed by atoms with Crippen LogP contribution in [0.2, 0.25) is 0 Å². The Bertz CT molecular complexity index is 632. The molecule has 2 fully saturated rings. The smallest absolute Gasteiger partial charge is 0.127 e. The maximum Gasteiger partial charge on any atom is 0.127 e. The van der Waals surface area contributed by atoms with Gasteiger partial charge in [0.1, 0.15) is 24.2 Å². The second kappa shape index (κ2) is 9.93. The van der Waals surface area contributed by atoms with E-state index in [9.17, 15) is 5.11 Å². The largest absolute Gasteiger partial charge is 0.497 e. The van der Waals surface area contributed by atoms with E-state index in [1.807, 2.05) is 18.2 Å². The molecule has 1 atom stereocenters. The van der Waals surface area contributed by atoms with E-state index in [-0.39, 0.29) is 12.5 Å². The van der Waals surface area contributed by atoms with Crippen LogP contribution in [-0.4, -0.2) is 67.5 Å². The molecule has 0 bridgehead atoms. The molecule has 0 amide bonds. The number of aliphatic hydroxyl groups excluding tert-OH is 1. The zero-order valence-electron chi connectivity index (χ0n) is 16.3. The Morgan fingerprint density at radius 3 is 2.59 bits per heavy atom. The molecule has 0 saturated carbocycles. The first-order valence-electron chi connectivity index (χ1n) is 10.00. The van der Waals surface area contributed by atoms with Gasteiger partial charge in [-0.15, -0.1) is 0 Å². The Morgan fingerprint density at radius 2 is 1.93 bits per heavy atom. The molecule has 1 aromatic rings. The molecule has 27 heavy (non-hydrogen) atoms. The minimum absolute atomic E-state index is 0.188. The summed E-state index contributed by atoms with van der Waals surface area (Å²) in [5.41, 5.74) is 1.10. The summed E-state index contributed by atoms with van der Waals surface area (Å²) >= 11 is 0. The van der Waals surface area contributed by atoms with Crippen molar-refractivity contribution in [3.8, 4) is 17.6 Å². The van der Waals surface area contributed by atoms with Gasteiger partial charge in [0.2, 0.25) is 0 Å². The van der Waals surface area contributed by atoms with Crippen LogP contribution in [0.15, 0.2) is 18.2 Å². The summed E-state index contributed by atoms with van der Waals surface area (Å²) in [6.07, 6.45) is 3.80. The molecule has 1 N–H and O–H groups in total. The Kier molecular flexibility index (Phi) is 7.33. The van der Waals surface area contributed by atoms with Crippen molar-refractivity contribution in [2.75, 3.05) is 46.4 Å². The highest BCUT2D eigenvalue weighted by Gasteiger charge is 2.21. The second-order valence-corrected chi connectivity index (χ2v) is 7.63. The summed E-state index contributed by atoms with van der Waals surface area (Å²) in [5, 5.41) is 19.4. The van der Waals surface area contributed by atoms with Crippen molar-refractivity contribution in [1.29, 1.82) is 5.26 Å². The SMILES string of the molecule is COc1ccc(CN2CCC(C#N)CC2)c(OCC(O)CN2CCCC2)c1. The number of nitriles is 1. The van der Waals surface area contributed by atoms with E-state index in [1.54, 1.807) is 7.11 Å². The van der Waals surface area contributed by atoms with Crippen LogP contribution in [0, 0.1) is 17.2 Å². The molecule has 2 aliphatic rings. The number of aliphatic hydroxyl groups is 1. The van der Waals surface area contributed by atoms with Gasteiger partial charge in [-0.2, -0.15) is 5.26 Å². The zero-order chi connectivity index (χ0) is 19.1. The highest BCUT2D eigenvalue weighted by Crippen LogP contribution is 2.28. The van der Waals surface area contributed by atoms with Crippen LogP contribution in [-0.2, 0) is 6.54 Å². The maximum atomic E-state index is 10.3. The van der Waals surface area contributed by atoms with Crippen molar-refractivity contribution in [3.63, 3.8) is 0 Å². The number of hydrogen-bond acceptors (Lipinski definition) is 6. The predicted molar refractivity (Wildman–Crippen MR) is 104 cm³/mol. The molecular formula is C21H31N3O3. The van der Waals surface area contributed by atoms with Crippen LogP contribution in [0.25, 0.3) is 0 Å². The van der Waals surface area contributed by atoms with Crippen molar-refractivity contribution in [3.05, 3.63) is 23.8 Å². The molecule has 0 spiro atoms. The van der Waals surface area contributed by atoms with E-state index in [1.165, 1.54) is 12.8 Å². The molecule has 3 rings (SSSR count). The first-order valence-corrected chi connectivity index (χ1v) is 10.00. The molecule has 148 valence electrons. The quantitative estimate of drug-likeness (QED) is 0.754. The molecular weight excluding hydrogens is 342 g/mol. The lowest BCUT2D eigenvalue weighted by Gasteiger charge is -2.29. The number of nitrogens with zero attached hydrogens (tertiary/aromatic N) is 3. The Balaban J connectivity index is 1.58. The third-order valence-corrected chi connectivity index (χ3v) is 5.54. The maximum absolute atomic E-state index is 10.3. The molecule has 2 aliphatic heterocycles. The minimum atomic E-state index is -0.492. The summed E-state index contributed by atoms with van der Waals surface area (Å²) in [5.74, 6) is 1.72. The first kappa shape index (κ1) is 19.9. The van der Waals surface area contributed by atoms with Crippen LogP contribution in [0.4, 0.5) is 0 Å². The number of methoxy groups -OCH3 is 1. The van der Waals surface area contributed by atoms with Crippen molar-refractivity contribution in [2.24, 2.45) is 5.92 Å². The fourth-order valence-corrected chi connectivity index (χ4v) is 3.89. The first-order chi connectivity index (χ1) is 13.2. The standard InChI is InChI=1S/C21H31N3O3/c1-26-20-5-4-18(14-24-10-6-17(13-22)7-11-24)21(12-20)27-16-19(25)15-23-8-2-3-9-23/h4-5,12,17,19,25H,2-3,6-11,14-16H2,1H3. The average Bonchev–Trinajstić information content (AvgIpc) is 3.20. The number of piperidine rings is 1. The van der Waals surface area contributed by atoms with Gasteiger partial charge < -0.3 is 19.5 Å². The van der Waals surface area contributed by atoms with E-state index < -0.39 is 6.10 Å². The molecule has 0 aliphatic carbocycles. The van der Waals surface area contributed by atoms with Crippen molar-refractivity contribution >= 4 is 0 Å². The van der Waals surface area contributed by atoms with Crippen LogP contribution in [0.3, 0.4) is 0 Å². The lowest BCUT2D eigenvalue weighted by atomic mass is 9.98. The van der Waals surface area contributed by atoms with E-state index in [0.29, 0.717) is 6.54 Å². The van der Waals surface area contributed by atoms with Crippen LogP contribution >= 0.6 is 0 Å². The number of ether oxygens (including phenoxy) is 2. The van der Waals surface area contributed by atoms with Crippen molar-refractivity contribution < 1.29 is 14.6 Å². The topological polar surface area (TPSA) is 69.0 Å². The van der Waals surface area contributed by atoms with Gasteiger partial charge in [-0.3, -0.25) is 4.90 Å². The van der Waals surface area contributed by atoms with E-state index in [0.717, 1.165) is 62.6 Å². The lowest BCUT2D eigenvalue weighted by molar-refractivity contribution is 0.0748. The van der Waals surface area contributed by atoms with Gasteiger partial charge in [-0.1, -0.05) is 6.07 Å². The van der Waals surface area contributed by atoms with Gasteiger partial charge in [-0.05, 0) is 57.9 Å². The summed E-state index contributed by atoms with van der Waals surface area (Å²) in [6.45, 7) is 5.75. The third-order valence-electron chi connectivity index (χ3n) is 5.54. The Hall–Kier alpha value is -1.81. The lowest BCUT2D eigenvalue weighted by Crippen LogP contribution is -2.34. The van der Waals surface area contributed by atoms with Gasteiger partial charge in [-0.25, -0.2) is 0 Å². The number of hydrogen-bond donors (Lipinski definition) is 1. The highest BCUT2D eigenvalue weighted by molar-refractivity contribution is 5.40. The highest BCUT2D eigenvalue weighted by atomic mass is 16.5. The van der Waals surface area contributed by atoms with E-state index in [4.69, 9.17) is 14.7 Å². The molecule has 2 saturated heterocycles. The third kappa shape index (κ3) is 5.83. The van der Waals surface area contributed by atoms with E-state index in [2.05, 4.69) is 15.9 Å². The summed E-state index contributed by atoms with van der Waals surface area (Å²) < 4.78 is 11.3. The molecule has 6 heteroatoms. The molecule has 1 aromatic carbocycles. The molecule has 1 unspecified atom stereocenters. The molecule has 0 radical (unpaired) electrons. The monoisotopic (exact) mass is 373 g/mol. The second-order valence-electron chi connectivity index (χ2n) is 7.63. The molecule has 0 aromatic heterocycles. The predicted octanol–water partition coefficient (Wildman–Crippen LogP) is 2.27. The number of likely N-dealkylation sites (tertiary alicyclic amines) is 2. The van der Waals surface area contributed by atoms with Crippen molar-refractivity contribution in [2.45, 2.75) is 38.3 Å². The zero-order valence-corrected chi connectivity index (χ0v) is 16.3. The Labute approximate surface area is 162 Å². The van der Waals surface area contributed by atoms with Gasteiger partial charge in [0.05, 0.1) is 13.2 Å². The van der Waals surface area contributed by atoms with E-state index >= 15 is 0 Å². The van der Waals surface area contributed by atoms with Crippen LogP contribution < -0.4 is 9.47 Å². The van der Waals surface area contributed by atoms with Gasteiger partial charge in [0.25, 0.3) is 0 Å². The fraction of sp³-hybridized carbons (Fsp3) is 0.667. The average molecular weight is 373 g/mol. The molecule has 2 heterocycles. The fourth-order valence-electron chi connectivity index (χ4n) is 3.89.